The van der Waals surface area contributed by atoms with E-state index < -0.39 is 6.09 Å². The van der Waals surface area contributed by atoms with Gasteiger partial charge in [0.15, 0.2) is 0 Å². The van der Waals surface area contributed by atoms with Gasteiger partial charge in [-0.3, -0.25) is 4.79 Å². The Hall–Kier alpha value is -1.30. The van der Waals surface area contributed by atoms with Gasteiger partial charge in [0, 0.05) is 13.1 Å². The number of alkyl carbamates (subject to hydrolysis) is 1. The molecule has 0 aromatic rings. The highest BCUT2D eigenvalue weighted by molar-refractivity contribution is 5.82. The number of carbonyl (C=O) groups is 2. The van der Waals surface area contributed by atoms with E-state index in [9.17, 15) is 9.59 Å². The van der Waals surface area contributed by atoms with Crippen molar-refractivity contribution in [3.05, 3.63) is 0 Å². The molecule has 0 saturated carbocycles. The zero-order chi connectivity index (χ0) is 10.4. The van der Waals surface area contributed by atoms with E-state index in [1.807, 2.05) is 0 Å². The van der Waals surface area contributed by atoms with Crippen LogP contribution in [0.4, 0.5) is 4.79 Å². The molecule has 2 amide bonds. The number of nitrogens with one attached hydrogen (secondary N) is 1. The largest absolute Gasteiger partial charge is 0.453 e. The quantitative estimate of drug-likeness (QED) is 0.636. The van der Waals surface area contributed by atoms with Crippen LogP contribution < -0.4 is 5.32 Å². The van der Waals surface area contributed by atoms with Gasteiger partial charge in [-0.1, -0.05) is 0 Å². The van der Waals surface area contributed by atoms with Crippen molar-refractivity contribution in [3.63, 3.8) is 0 Å². The molecule has 0 aromatic heterocycles. The summed E-state index contributed by atoms with van der Waals surface area (Å²) in [5, 5.41) is 2.34. The molecule has 1 aliphatic rings. The second-order valence-corrected chi connectivity index (χ2v) is 2.84. The smallest absolute Gasteiger partial charge is 0.407 e. The number of carbonyl (C=O) groups excluding carboxylic acids is 2. The second kappa shape index (κ2) is 5.43. The summed E-state index contributed by atoms with van der Waals surface area (Å²) in [5.74, 6) is -0.112. The van der Waals surface area contributed by atoms with Crippen LogP contribution in [0.3, 0.4) is 0 Å². The summed E-state index contributed by atoms with van der Waals surface area (Å²) in [4.78, 5) is 23.7. The van der Waals surface area contributed by atoms with Crippen LogP contribution in [0.2, 0.25) is 0 Å². The highest BCUT2D eigenvalue weighted by atomic mass is 16.5. The summed E-state index contributed by atoms with van der Waals surface area (Å²) in [5.41, 5.74) is 0. The minimum Gasteiger partial charge on any atom is -0.453 e. The molecular weight excluding hydrogens is 188 g/mol. The zero-order valence-electron chi connectivity index (χ0n) is 8.12. The molecule has 0 unspecified atom stereocenters. The van der Waals surface area contributed by atoms with Gasteiger partial charge in [-0.05, 0) is 0 Å². The lowest BCUT2D eigenvalue weighted by atomic mass is 10.4. The summed E-state index contributed by atoms with van der Waals surface area (Å²) < 4.78 is 9.43. The van der Waals surface area contributed by atoms with Gasteiger partial charge in [0.25, 0.3) is 0 Å². The van der Waals surface area contributed by atoms with Crippen molar-refractivity contribution in [2.75, 3.05) is 40.0 Å². The Morgan fingerprint density at radius 2 is 2.07 bits per heavy atom. The van der Waals surface area contributed by atoms with Crippen LogP contribution in [0.15, 0.2) is 0 Å². The van der Waals surface area contributed by atoms with Gasteiger partial charge in [-0.25, -0.2) is 4.79 Å². The highest BCUT2D eigenvalue weighted by Gasteiger charge is 2.16. The monoisotopic (exact) mass is 202 g/mol. The Morgan fingerprint density at radius 1 is 1.43 bits per heavy atom. The van der Waals surface area contributed by atoms with Crippen molar-refractivity contribution in [3.8, 4) is 0 Å². The first-order chi connectivity index (χ1) is 6.74. The van der Waals surface area contributed by atoms with Gasteiger partial charge in [-0.2, -0.15) is 0 Å². The lowest BCUT2D eigenvalue weighted by molar-refractivity contribution is -0.134. The molecule has 0 bridgehead atoms. The highest BCUT2D eigenvalue weighted by Crippen LogP contribution is 1.96. The van der Waals surface area contributed by atoms with Gasteiger partial charge < -0.3 is 19.7 Å². The van der Waals surface area contributed by atoms with E-state index in [0.717, 1.165) is 0 Å². The standard InChI is InChI=1S/C8H14N2O4/c1-13-8(12)9-6-7(11)10-2-4-14-5-3-10/h2-6H2,1H3,(H,9,12). The molecule has 1 aliphatic heterocycles. The molecule has 14 heavy (non-hydrogen) atoms. The molecule has 0 aromatic carbocycles. The van der Waals surface area contributed by atoms with Crippen molar-refractivity contribution in [2.45, 2.75) is 0 Å². The predicted molar refractivity (Wildman–Crippen MR) is 47.8 cm³/mol. The normalized spacial score (nSPS) is 16.2. The molecule has 0 atom stereocenters. The van der Waals surface area contributed by atoms with Crippen molar-refractivity contribution in [2.24, 2.45) is 0 Å². The van der Waals surface area contributed by atoms with Crippen LogP contribution in [0, 0.1) is 0 Å². The van der Waals surface area contributed by atoms with Crippen molar-refractivity contribution in [1.82, 2.24) is 10.2 Å². The average Bonchev–Trinajstić information content (AvgIpc) is 2.26. The van der Waals surface area contributed by atoms with Gasteiger partial charge >= 0.3 is 6.09 Å². The topological polar surface area (TPSA) is 67.9 Å². The Kier molecular flexibility index (Phi) is 4.18. The van der Waals surface area contributed by atoms with Gasteiger partial charge in [0.05, 0.1) is 20.3 Å². The number of nitrogens with zero attached hydrogens (tertiary/aromatic N) is 1. The molecule has 1 heterocycles. The van der Waals surface area contributed by atoms with Crippen LogP contribution >= 0.6 is 0 Å². The number of amides is 2. The summed E-state index contributed by atoms with van der Waals surface area (Å²) in [6.07, 6.45) is -0.591. The maximum atomic E-state index is 11.4. The number of ether oxygens (including phenoxy) is 2. The predicted octanol–water partition coefficient (Wildman–Crippen LogP) is -0.799. The summed E-state index contributed by atoms with van der Waals surface area (Å²) in [6.45, 7) is 2.27. The Labute approximate surface area is 82.1 Å². The summed E-state index contributed by atoms with van der Waals surface area (Å²) >= 11 is 0. The zero-order valence-corrected chi connectivity index (χ0v) is 8.12. The van der Waals surface area contributed by atoms with E-state index in [2.05, 4.69) is 10.1 Å². The fourth-order valence-corrected chi connectivity index (χ4v) is 1.14. The van der Waals surface area contributed by atoms with Crippen LogP contribution in [0.1, 0.15) is 0 Å². The van der Waals surface area contributed by atoms with E-state index in [4.69, 9.17) is 4.74 Å². The van der Waals surface area contributed by atoms with Crippen molar-refractivity contribution < 1.29 is 19.1 Å². The van der Waals surface area contributed by atoms with E-state index in [-0.39, 0.29) is 12.5 Å². The molecule has 1 rings (SSSR count). The minimum absolute atomic E-state index is 0.0212. The van der Waals surface area contributed by atoms with Crippen LogP contribution in [0.25, 0.3) is 0 Å². The number of methoxy groups -OCH3 is 1. The third-order valence-corrected chi connectivity index (χ3v) is 1.93. The van der Waals surface area contributed by atoms with Gasteiger partial charge in [0.1, 0.15) is 6.54 Å². The maximum absolute atomic E-state index is 11.4. The molecule has 0 radical (unpaired) electrons. The van der Waals surface area contributed by atoms with Crippen LogP contribution in [0.5, 0.6) is 0 Å². The minimum atomic E-state index is -0.591. The van der Waals surface area contributed by atoms with E-state index in [1.54, 1.807) is 4.90 Å². The number of morpholine rings is 1. The molecule has 1 fully saturated rings. The summed E-state index contributed by atoms with van der Waals surface area (Å²) in [7, 11) is 1.26. The Balaban J connectivity index is 2.23. The fourth-order valence-electron chi connectivity index (χ4n) is 1.14. The number of hydrogen-bond donors (Lipinski definition) is 1. The van der Waals surface area contributed by atoms with Crippen LogP contribution in [-0.4, -0.2) is 56.9 Å². The number of rotatable bonds is 2. The van der Waals surface area contributed by atoms with E-state index in [0.29, 0.717) is 26.3 Å². The van der Waals surface area contributed by atoms with Gasteiger partial charge in [0.2, 0.25) is 5.91 Å². The molecule has 1 N–H and O–H groups in total. The van der Waals surface area contributed by atoms with E-state index in [1.165, 1.54) is 7.11 Å². The number of hydrogen-bond acceptors (Lipinski definition) is 4. The molecule has 0 aliphatic carbocycles. The molecule has 80 valence electrons. The fraction of sp³-hybridized carbons (Fsp3) is 0.750. The Morgan fingerprint density at radius 3 is 2.64 bits per heavy atom. The third-order valence-electron chi connectivity index (χ3n) is 1.93. The van der Waals surface area contributed by atoms with Crippen LogP contribution in [-0.2, 0) is 14.3 Å². The van der Waals surface area contributed by atoms with Crippen molar-refractivity contribution in [1.29, 1.82) is 0 Å². The van der Waals surface area contributed by atoms with Crippen molar-refractivity contribution >= 4 is 12.0 Å². The first-order valence-electron chi connectivity index (χ1n) is 4.41. The molecule has 0 spiro atoms. The molecule has 1 saturated heterocycles. The second-order valence-electron chi connectivity index (χ2n) is 2.84. The summed E-state index contributed by atoms with van der Waals surface area (Å²) in [6, 6.07) is 0. The third kappa shape index (κ3) is 3.21. The molecular formula is C8H14N2O4. The SMILES string of the molecule is COC(=O)NCC(=O)N1CCOCC1. The first-order valence-corrected chi connectivity index (χ1v) is 4.41. The average molecular weight is 202 g/mol. The lowest BCUT2D eigenvalue weighted by Crippen LogP contribution is -2.45. The molecule has 6 heteroatoms. The lowest BCUT2D eigenvalue weighted by Gasteiger charge is -2.26. The molecule has 6 nitrogen and oxygen atoms in total. The van der Waals surface area contributed by atoms with Gasteiger partial charge in [-0.15, -0.1) is 0 Å². The maximum Gasteiger partial charge on any atom is 0.407 e. The first kappa shape index (κ1) is 10.8. The Bertz CT molecular complexity index is 213. The van der Waals surface area contributed by atoms with E-state index >= 15 is 0 Å².